The highest BCUT2D eigenvalue weighted by atomic mass is 16.5. The maximum atomic E-state index is 10.1. The lowest BCUT2D eigenvalue weighted by Gasteiger charge is -2.28. The van der Waals surface area contributed by atoms with Crippen LogP contribution in [0.1, 0.15) is 39.6 Å². The van der Waals surface area contributed by atoms with Crippen molar-refractivity contribution in [2.45, 2.75) is 26.4 Å². The smallest absolute Gasteiger partial charge is 0.228 e. The number of aryl methyl sites for hydroxylation is 2. The summed E-state index contributed by atoms with van der Waals surface area (Å²) in [5, 5.41) is 14.7. The second-order valence-corrected chi connectivity index (χ2v) is 8.80. The van der Waals surface area contributed by atoms with E-state index in [4.69, 9.17) is 19.2 Å². The second-order valence-electron chi connectivity index (χ2n) is 8.80. The molecule has 1 N–H and O–H groups in total. The molecule has 6 rings (SSSR count). The lowest BCUT2D eigenvalue weighted by molar-refractivity contribution is 0.292. The number of phenols is 1. The van der Waals surface area contributed by atoms with Crippen molar-refractivity contribution in [2.75, 3.05) is 7.11 Å². The van der Waals surface area contributed by atoms with Gasteiger partial charge >= 0.3 is 0 Å². The predicted molar refractivity (Wildman–Crippen MR) is 133 cm³/mol. The summed E-state index contributed by atoms with van der Waals surface area (Å²) in [5.74, 6) is 3.02. The average molecular weight is 481 g/mol. The molecule has 0 radical (unpaired) electrons. The first-order chi connectivity index (χ1) is 17.5. The summed E-state index contributed by atoms with van der Waals surface area (Å²) in [5.41, 5.74) is 5.47. The first kappa shape index (κ1) is 21.9. The first-order valence-electron chi connectivity index (χ1n) is 11.6. The number of nitrogens with zero attached hydrogens (tertiary/aromatic N) is 4. The first-order valence-corrected chi connectivity index (χ1v) is 11.6. The van der Waals surface area contributed by atoms with Gasteiger partial charge in [0.05, 0.1) is 12.7 Å². The van der Waals surface area contributed by atoms with Crippen LogP contribution in [0.2, 0.25) is 0 Å². The molecule has 1 aliphatic rings. The average Bonchev–Trinajstić information content (AvgIpc) is 3.30. The quantitative estimate of drug-likeness (QED) is 0.357. The van der Waals surface area contributed by atoms with Crippen LogP contribution in [0.5, 0.6) is 28.9 Å². The Hall–Kier alpha value is -4.59. The molecule has 0 amide bonds. The standard InChI is InChI=1S/C28H24N4O4/c1-16-5-4-6-17(2)26(16)35-14-23-30-27-25-24(18-7-10-20(34-3)11-8-18)21-12-9-19(33)13-22(21)36-28(25)29-15-32(27)31-23/h4-13,15,24,33H,14H2,1-3H3/t24-/m1/s1. The van der Waals surface area contributed by atoms with Crippen molar-refractivity contribution in [2.24, 2.45) is 0 Å². The Morgan fingerprint density at radius 1 is 1.03 bits per heavy atom. The third kappa shape index (κ3) is 3.67. The molecule has 8 heteroatoms. The van der Waals surface area contributed by atoms with Gasteiger partial charge in [0.2, 0.25) is 5.88 Å². The van der Waals surface area contributed by atoms with E-state index in [1.165, 1.54) is 0 Å². The summed E-state index contributed by atoms with van der Waals surface area (Å²) in [6, 6.07) is 19.1. The zero-order chi connectivity index (χ0) is 24.8. The molecule has 0 saturated carbocycles. The van der Waals surface area contributed by atoms with E-state index in [0.717, 1.165) is 39.3 Å². The molecule has 8 nitrogen and oxygen atoms in total. The fraction of sp³-hybridized carbons (Fsp3) is 0.179. The van der Waals surface area contributed by atoms with Gasteiger partial charge < -0.3 is 19.3 Å². The van der Waals surface area contributed by atoms with Gasteiger partial charge in [0, 0.05) is 17.5 Å². The van der Waals surface area contributed by atoms with Gasteiger partial charge in [-0.1, -0.05) is 36.4 Å². The van der Waals surface area contributed by atoms with Crippen LogP contribution in [0.4, 0.5) is 0 Å². The van der Waals surface area contributed by atoms with Gasteiger partial charge in [-0.05, 0) is 48.7 Å². The number of fused-ring (bicyclic) bond motifs is 4. The highest BCUT2D eigenvalue weighted by Crippen LogP contribution is 2.48. The molecule has 36 heavy (non-hydrogen) atoms. The predicted octanol–water partition coefficient (Wildman–Crippen LogP) is 5.32. The summed E-state index contributed by atoms with van der Waals surface area (Å²) in [6.07, 6.45) is 1.59. The Kier molecular flexibility index (Phi) is 5.21. The summed E-state index contributed by atoms with van der Waals surface area (Å²) in [7, 11) is 1.64. The maximum absolute atomic E-state index is 10.1. The van der Waals surface area contributed by atoms with E-state index < -0.39 is 0 Å². The number of methoxy groups -OCH3 is 1. The van der Waals surface area contributed by atoms with Gasteiger partial charge in [-0.25, -0.2) is 14.5 Å². The third-order valence-electron chi connectivity index (χ3n) is 6.44. The van der Waals surface area contributed by atoms with E-state index in [9.17, 15) is 5.11 Å². The van der Waals surface area contributed by atoms with Crippen molar-refractivity contribution in [1.82, 2.24) is 19.6 Å². The van der Waals surface area contributed by atoms with E-state index in [1.54, 1.807) is 30.1 Å². The Balaban J connectivity index is 1.45. The molecule has 2 aromatic heterocycles. The van der Waals surface area contributed by atoms with Crippen LogP contribution >= 0.6 is 0 Å². The van der Waals surface area contributed by atoms with Gasteiger partial charge in [-0.15, -0.1) is 5.10 Å². The molecule has 1 aliphatic heterocycles. The van der Waals surface area contributed by atoms with Crippen molar-refractivity contribution in [1.29, 1.82) is 0 Å². The minimum absolute atomic E-state index is 0.125. The molecule has 0 spiro atoms. The van der Waals surface area contributed by atoms with Gasteiger partial charge in [0.15, 0.2) is 11.5 Å². The Morgan fingerprint density at radius 3 is 2.56 bits per heavy atom. The van der Waals surface area contributed by atoms with E-state index in [0.29, 0.717) is 23.1 Å². The van der Waals surface area contributed by atoms with Gasteiger partial charge in [-0.3, -0.25) is 0 Å². The Labute approximate surface area is 207 Å². The number of aromatic hydroxyl groups is 1. The van der Waals surface area contributed by atoms with E-state index in [1.807, 2.05) is 62.4 Å². The van der Waals surface area contributed by atoms with Crippen molar-refractivity contribution in [3.8, 4) is 28.9 Å². The number of phenolic OH excluding ortho intramolecular Hbond substituents is 1. The topological polar surface area (TPSA) is 91.0 Å². The van der Waals surface area contributed by atoms with Crippen molar-refractivity contribution in [3.05, 3.63) is 101 Å². The lowest BCUT2D eigenvalue weighted by atomic mass is 9.84. The van der Waals surface area contributed by atoms with E-state index >= 15 is 0 Å². The molecule has 5 aromatic rings. The molecule has 3 heterocycles. The molecule has 3 aromatic carbocycles. The monoisotopic (exact) mass is 480 g/mol. The molecule has 0 unspecified atom stereocenters. The van der Waals surface area contributed by atoms with Crippen LogP contribution in [0.25, 0.3) is 5.65 Å². The van der Waals surface area contributed by atoms with Crippen LogP contribution in [0.3, 0.4) is 0 Å². The maximum Gasteiger partial charge on any atom is 0.228 e. The highest BCUT2D eigenvalue weighted by Gasteiger charge is 2.33. The molecule has 0 aliphatic carbocycles. The zero-order valence-electron chi connectivity index (χ0n) is 20.1. The number of rotatable bonds is 5. The van der Waals surface area contributed by atoms with E-state index in [-0.39, 0.29) is 18.3 Å². The summed E-state index contributed by atoms with van der Waals surface area (Å²) in [6.45, 7) is 4.26. The summed E-state index contributed by atoms with van der Waals surface area (Å²) in [4.78, 5) is 9.37. The molecule has 0 bridgehead atoms. The number of ether oxygens (including phenoxy) is 3. The number of hydrogen-bond acceptors (Lipinski definition) is 7. The van der Waals surface area contributed by atoms with Gasteiger partial charge in [0.25, 0.3) is 0 Å². The Bertz CT molecular complexity index is 1570. The second kappa shape index (κ2) is 8.57. The normalized spacial score (nSPS) is 14.1. The number of benzene rings is 3. The number of hydrogen-bond donors (Lipinski definition) is 1. The number of para-hydroxylation sites is 1. The molecule has 0 saturated heterocycles. The summed E-state index contributed by atoms with van der Waals surface area (Å²) < 4.78 is 19.2. The van der Waals surface area contributed by atoms with Crippen LogP contribution in [0, 0.1) is 13.8 Å². The van der Waals surface area contributed by atoms with Gasteiger partial charge in [0.1, 0.15) is 35.9 Å². The van der Waals surface area contributed by atoms with Crippen molar-refractivity contribution < 1.29 is 19.3 Å². The molecular formula is C28H24N4O4. The van der Waals surface area contributed by atoms with Crippen LogP contribution < -0.4 is 14.2 Å². The van der Waals surface area contributed by atoms with Crippen LogP contribution in [-0.4, -0.2) is 31.8 Å². The molecule has 0 fully saturated rings. The van der Waals surface area contributed by atoms with Crippen molar-refractivity contribution in [3.63, 3.8) is 0 Å². The minimum Gasteiger partial charge on any atom is -0.508 e. The minimum atomic E-state index is -0.233. The largest absolute Gasteiger partial charge is 0.508 e. The lowest BCUT2D eigenvalue weighted by Crippen LogP contribution is -2.15. The van der Waals surface area contributed by atoms with Gasteiger partial charge in [-0.2, -0.15) is 0 Å². The Morgan fingerprint density at radius 2 is 1.81 bits per heavy atom. The fourth-order valence-electron chi connectivity index (χ4n) is 4.71. The SMILES string of the molecule is COc1ccc([C@@H]2c3ccc(O)cc3Oc3ncn4nc(COc5c(C)cccc5C)nc4c32)cc1. The third-order valence-corrected chi connectivity index (χ3v) is 6.44. The van der Waals surface area contributed by atoms with Crippen LogP contribution in [-0.2, 0) is 6.61 Å². The van der Waals surface area contributed by atoms with Crippen molar-refractivity contribution >= 4 is 5.65 Å². The molecule has 1 atom stereocenters. The zero-order valence-corrected chi connectivity index (χ0v) is 20.1. The number of aromatic nitrogens is 4. The molecule has 180 valence electrons. The summed E-state index contributed by atoms with van der Waals surface area (Å²) >= 11 is 0. The molecular weight excluding hydrogens is 456 g/mol. The fourth-order valence-corrected chi connectivity index (χ4v) is 4.71. The highest BCUT2D eigenvalue weighted by molar-refractivity contribution is 5.66. The van der Waals surface area contributed by atoms with Crippen LogP contribution in [0.15, 0.2) is 67.0 Å². The van der Waals surface area contributed by atoms with E-state index in [2.05, 4.69) is 10.1 Å².